The third kappa shape index (κ3) is 7.58. The number of carbonyl (C=O) groups excluding carboxylic acids is 1. The smallest absolute Gasteiger partial charge is 0.257 e. The molecule has 4 nitrogen and oxygen atoms in total. The van der Waals surface area contributed by atoms with Crippen molar-refractivity contribution in [3.05, 3.63) is 0 Å². The molecule has 0 saturated carbocycles. The van der Waals surface area contributed by atoms with Crippen LogP contribution in [0.1, 0.15) is 13.3 Å². The van der Waals surface area contributed by atoms with Crippen LogP contribution >= 0.6 is 0 Å². The fourth-order valence-corrected chi connectivity index (χ4v) is 0.504. The van der Waals surface area contributed by atoms with Gasteiger partial charge < -0.3 is 0 Å². The van der Waals surface area contributed by atoms with Crippen molar-refractivity contribution in [2.75, 3.05) is 6.61 Å². The number of Topliss-reactive ketones (excluding diaryl/α,β-unsaturated/α-hetero) is 1. The van der Waals surface area contributed by atoms with Crippen molar-refractivity contribution < 1.29 is 17.4 Å². The van der Waals surface area contributed by atoms with E-state index in [0.717, 1.165) is 0 Å². The molecule has 0 spiro atoms. The normalized spacial score (nSPS) is 10.0. The lowest BCUT2D eigenvalue weighted by atomic mass is 10.3. The lowest BCUT2D eigenvalue weighted by Gasteiger charge is -1.89. The van der Waals surface area contributed by atoms with Crippen LogP contribution in [0.5, 0.6) is 0 Å². The highest BCUT2D eigenvalue weighted by atomic mass is 32.2. The van der Waals surface area contributed by atoms with Gasteiger partial charge >= 0.3 is 0 Å². The molecule has 0 aromatic carbocycles. The van der Waals surface area contributed by atoms with Gasteiger partial charge in [-0.05, 0) is 6.92 Å². The standard InChI is InChI=1S/C4H8O4S/c1-4(5)2-3-8-9(6)7/h9H,2-3H2,1H3. The Balaban J connectivity index is 3.21. The highest BCUT2D eigenvalue weighted by molar-refractivity contribution is 7.67. The Labute approximate surface area is 55.0 Å². The lowest BCUT2D eigenvalue weighted by Crippen LogP contribution is -1.98. The van der Waals surface area contributed by atoms with Crippen molar-refractivity contribution in [1.82, 2.24) is 0 Å². The van der Waals surface area contributed by atoms with E-state index < -0.39 is 11.0 Å². The Bertz CT molecular complexity index is 152. The summed E-state index contributed by atoms with van der Waals surface area (Å²) in [5, 5.41) is 0. The maximum absolute atomic E-state index is 10.1. The second-order valence-corrected chi connectivity index (χ2v) is 2.21. The van der Waals surface area contributed by atoms with Crippen LogP contribution in [0.4, 0.5) is 0 Å². The van der Waals surface area contributed by atoms with Gasteiger partial charge in [0.15, 0.2) is 0 Å². The summed E-state index contributed by atoms with van der Waals surface area (Å²) in [7, 11) is -2.78. The Morgan fingerprint density at radius 2 is 2.11 bits per heavy atom. The molecule has 0 aliphatic heterocycles. The molecule has 9 heavy (non-hydrogen) atoms. The molecule has 0 bridgehead atoms. The molecule has 0 unspecified atom stereocenters. The summed E-state index contributed by atoms with van der Waals surface area (Å²) in [6, 6.07) is 0. The summed E-state index contributed by atoms with van der Waals surface area (Å²) in [4.78, 5) is 10.1. The minimum absolute atomic E-state index is 0.0337. The van der Waals surface area contributed by atoms with Crippen LogP contribution in [0.15, 0.2) is 0 Å². The quantitative estimate of drug-likeness (QED) is 0.552. The lowest BCUT2D eigenvalue weighted by molar-refractivity contribution is -0.117. The van der Waals surface area contributed by atoms with Gasteiger partial charge in [0.25, 0.3) is 11.0 Å². The zero-order chi connectivity index (χ0) is 7.28. The average Bonchev–Trinajstić information content (AvgIpc) is 1.63. The number of carbonyl (C=O) groups is 1. The van der Waals surface area contributed by atoms with E-state index in [1.165, 1.54) is 6.92 Å². The van der Waals surface area contributed by atoms with Gasteiger partial charge in [0.05, 0.1) is 6.61 Å². The summed E-state index contributed by atoms with van der Waals surface area (Å²) in [5.41, 5.74) is 0. The molecule has 0 aromatic rings. The molecular weight excluding hydrogens is 144 g/mol. The van der Waals surface area contributed by atoms with Gasteiger partial charge in [-0.3, -0.25) is 8.98 Å². The van der Waals surface area contributed by atoms with Crippen LogP contribution in [0.3, 0.4) is 0 Å². The second kappa shape index (κ2) is 4.46. The maximum Gasteiger partial charge on any atom is 0.257 e. The number of hydrogen-bond donors (Lipinski definition) is 1. The minimum atomic E-state index is -2.78. The fourth-order valence-electron chi connectivity index (χ4n) is 0.264. The van der Waals surface area contributed by atoms with Crippen molar-refractivity contribution >= 4 is 16.8 Å². The molecule has 0 N–H and O–H groups in total. The number of hydrogen-bond acceptors (Lipinski definition) is 4. The molecule has 0 fully saturated rings. The molecule has 0 amide bonds. The third-order valence-corrected chi connectivity index (χ3v) is 1.04. The summed E-state index contributed by atoms with van der Waals surface area (Å²) in [6.45, 7) is 1.34. The van der Waals surface area contributed by atoms with Gasteiger partial charge in [-0.2, -0.15) is 0 Å². The third-order valence-electron chi connectivity index (χ3n) is 0.651. The van der Waals surface area contributed by atoms with E-state index in [1.54, 1.807) is 0 Å². The molecule has 0 radical (unpaired) electrons. The van der Waals surface area contributed by atoms with Crippen LogP contribution in [-0.4, -0.2) is 20.8 Å². The first-order valence-electron chi connectivity index (χ1n) is 2.39. The monoisotopic (exact) mass is 152 g/mol. The van der Waals surface area contributed by atoms with Crippen molar-refractivity contribution in [2.45, 2.75) is 13.3 Å². The number of rotatable bonds is 4. The van der Waals surface area contributed by atoms with Crippen molar-refractivity contribution in [2.24, 2.45) is 0 Å². The number of thiol groups is 1. The SMILES string of the molecule is CC(=O)CCO[SH](=O)=O. The first-order valence-corrected chi connectivity index (χ1v) is 3.49. The number of ketones is 1. The molecule has 0 aromatic heterocycles. The van der Waals surface area contributed by atoms with Gasteiger partial charge in [0.2, 0.25) is 0 Å². The van der Waals surface area contributed by atoms with Crippen LogP contribution < -0.4 is 0 Å². The Morgan fingerprint density at radius 1 is 1.56 bits per heavy atom. The van der Waals surface area contributed by atoms with Crippen molar-refractivity contribution in [3.8, 4) is 0 Å². The molecule has 0 heterocycles. The van der Waals surface area contributed by atoms with Gasteiger partial charge in [-0.1, -0.05) is 0 Å². The zero-order valence-corrected chi connectivity index (χ0v) is 5.89. The van der Waals surface area contributed by atoms with Gasteiger partial charge in [-0.15, -0.1) is 0 Å². The Morgan fingerprint density at radius 3 is 2.44 bits per heavy atom. The molecule has 0 aliphatic carbocycles. The van der Waals surface area contributed by atoms with Crippen LogP contribution in [0.25, 0.3) is 0 Å². The van der Waals surface area contributed by atoms with Crippen molar-refractivity contribution in [3.63, 3.8) is 0 Å². The molecule has 0 atom stereocenters. The van der Waals surface area contributed by atoms with E-state index in [1.807, 2.05) is 0 Å². The first-order chi connectivity index (χ1) is 4.13. The molecule has 0 rings (SSSR count). The summed E-state index contributed by atoms with van der Waals surface area (Å²) in [5.74, 6) is -0.0770. The van der Waals surface area contributed by atoms with Crippen LogP contribution in [0, 0.1) is 0 Å². The Kier molecular flexibility index (Phi) is 4.25. The fraction of sp³-hybridized carbons (Fsp3) is 0.750. The van der Waals surface area contributed by atoms with E-state index in [9.17, 15) is 13.2 Å². The highest BCUT2D eigenvalue weighted by Gasteiger charge is 1.92. The van der Waals surface area contributed by atoms with Crippen molar-refractivity contribution in [1.29, 1.82) is 0 Å². The molecular formula is C4H8O4S. The van der Waals surface area contributed by atoms with Crippen LogP contribution in [0.2, 0.25) is 0 Å². The largest absolute Gasteiger partial charge is 0.300 e. The second-order valence-electron chi connectivity index (χ2n) is 1.51. The van der Waals surface area contributed by atoms with E-state index >= 15 is 0 Å². The van der Waals surface area contributed by atoms with E-state index in [2.05, 4.69) is 4.18 Å². The predicted molar refractivity (Wildman–Crippen MR) is 31.6 cm³/mol. The minimum Gasteiger partial charge on any atom is -0.300 e. The highest BCUT2D eigenvalue weighted by Crippen LogP contribution is 1.82. The average molecular weight is 152 g/mol. The summed E-state index contributed by atoms with van der Waals surface area (Å²) >= 11 is 0. The first kappa shape index (κ1) is 8.58. The molecule has 54 valence electrons. The van der Waals surface area contributed by atoms with Gasteiger partial charge in [0, 0.05) is 6.42 Å². The van der Waals surface area contributed by atoms with Crippen LogP contribution in [-0.2, 0) is 20.0 Å². The Hall–Kier alpha value is -0.420. The van der Waals surface area contributed by atoms with E-state index in [0.29, 0.717) is 0 Å². The topological polar surface area (TPSA) is 60.4 Å². The van der Waals surface area contributed by atoms with Gasteiger partial charge in [-0.25, -0.2) is 8.42 Å². The van der Waals surface area contributed by atoms with E-state index in [-0.39, 0.29) is 18.8 Å². The summed E-state index contributed by atoms with van der Waals surface area (Å²) < 4.78 is 23.5. The van der Waals surface area contributed by atoms with Gasteiger partial charge in [0.1, 0.15) is 5.78 Å². The zero-order valence-electron chi connectivity index (χ0n) is 4.99. The maximum atomic E-state index is 10.1. The van der Waals surface area contributed by atoms with E-state index in [4.69, 9.17) is 0 Å². The summed E-state index contributed by atoms with van der Waals surface area (Å²) in [6.07, 6.45) is 0.156. The molecule has 0 saturated heterocycles. The molecule has 0 aliphatic rings. The predicted octanol–water partition coefficient (Wildman–Crippen LogP) is -0.491. The molecule has 5 heteroatoms.